The largest absolute Gasteiger partial charge is 0.493 e. The number of carbonyl (C=O) groups excluding carboxylic acids is 1. The second kappa shape index (κ2) is 8.83. The molecule has 3 aromatic heterocycles. The third-order valence-electron chi connectivity index (χ3n) is 4.28. The van der Waals surface area contributed by atoms with E-state index in [1.165, 1.54) is 11.3 Å². The number of carbonyl (C=O) groups is 1. The number of hydrogen-bond donors (Lipinski definition) is 0. The number of furan rings is 1. The van der Waals surface area contributed by atoms with Crippen molar-refractivity contribution in [3.63, 3.8) is 0 Å². The summed E-state index contributed by atoms with van der Waals surface area (Å²) in [7, 11) is 3.17. The molecular weight excluding hydrogens is 406 g/mol. The van der Waals surface area contributed by atoms with Crippen molar-refractivity contribution in [2.24, 2.45) is 0 Å². The van der Waals surface area contributed by atoms with Crippen molar-refractivity contribution in [3.05, 3.63) is 71.4 Å². The Balaban J connectivity index is 1.40. The van der Waals surface area contributed by atoms with Crippen LogP contribution in [-0.4, -0.2) is 35.0 Å². The Morgan fingerprint density at radius 2 is 2.07 bits per heavy atom. The topological polar surface area (TPSA) is 88.6 Å². The highest BCUT2D eigenvalue weighted by atomic mass is 32.1. The van der Waals surface area contributed by atoms with Gasteiger partial charge in [-0.2, -0.15) is 5.10 Å². The minimum Gasteiger partial charge on any atom is -0.493 e. The lowest BCUT2D eigenvalue weighted by molar-refractivity contribution is 0.0429. The second-order valence-corrected chi connectivity index (χ2v) is 7.09. The van der Waals surface area contributed by atoms with Gasteiger partial charge in [0.2, 0.25) is 5.76 Å². The molecule has 0 bridgehead atoms. The molecule has 4 aromatic rings. The number of rotatable bonds is 8. The normalized spacial score (nSPS) is 10.7. The van der Waals surface area contributed by atoms with Crippen molar-refractivity contribution in [2.45, 2.75) is 13.2 Å². The van der Waals surface area contributed by atoms with Crippen molar-refractivity contribution in [1.29, 1.82) is 0 Å². The number of thiazole rings is 1. The summed E-state index contributed by atoms with van der Waals surface area (Å²) in [6.45, 7) is 0.481. The first-order chi connectivity index (χ1) is 14.7. The van der Waals surface area contributed by atoms with E-state index in [-0.39, 0.29) is 12.4 Å². The minimum atomic E-state index is -0.546. The van der Waals surface area contributed by atoms with Crippen LogP contribution in [0.1, 0.15) is 22.0 Å². The lowest BCUT2D eigenvalue weighted by Crippen LogP contribution is -2.04. The van der Waals surface area contributed by atoms with E-state index in [9.17, 15) is 4.79 Å². The molecule has 0 aliphatic heterocycles. The van der Waals surface area contributed by atoms with Crippen molar-refractivity contribution < 1.29 is 23.4 Å². The molecule has 4 rings (SSSR count). The fraction of sp³-hybridized carbons (Fsp3) is 0.190. The van der Waals surface area contributed by atoms with Crippen molar-refractivity contribution in [2.75, 3.05) is 14.2 Å². The smallest absolute Gasteiger partial charge is 0.374 e. The predicted octanol–water partition coefficient (Wildman–Crippen LogP) is 4.02. The van der Waals surface area contributed by atoms with Crippen molar-refractivity contribution in [3.8, 4) is 22.1 Å². The molecule has 0 radical (unpaired) electrons. The number of benzene rings is 1. The maximum absolute atomic E-state index is 12.3. The summed E-state index contributed by atoms with van der Waals surface area (Å²) in [5.74, 6) is 1.45. The van der Waals surface area contributed by atoms with Gasteiger partial charge in [0.1, 0.15) is 17.4 Å². The fourth-order valence-corrected chi connectivity index (χ4v) is 3.72. The summed E-state index contributed by atoms with van der Waals surface area (Å²) >= 11 is 1.43. The Morgan fingerprint density at radius 1 is 1.17 bits per heavy atom. The van der Waals surface area contributed by atoms with Crippen LogP contribution in [0.25, 0.3) is 10.6 Å². The molecule has 1 aromatic carbocycles. The molecular formula is C21H19N3O5S. The lowest BCUT2D eigenvalue weighted by atomic mass is 10.2. The summed E-state index contributed by atoms with van der Waals surface area (Å²) in [5.41, 5.74) is 1.45. The fourth-order valence-electron chi connectivity index (χ4n) is 2.89. The molecule has 0 spiro atoms. The molecule has 0 aliphatic carbocycles. The monoisotopic (exact) mass is 425 g/mol. The molecule has 0 fully saturated rings. The molecule has 0 saturated heterocycles. The van der Waals surface area contributed by atoms with Gasteiger partial charge in [-0.05, 0) is 30.3 Å². The molecule has 3 heterocycles. The summed E-state index contributed by atoms with van der Waals surface area (Å²) in [4.78, 5) is 16.8. The molecule has 0 aliphatic rings. The number of hydrogen-bond acceptors (Lipinski definition) is 8. The van der Waals surface area contributed by atoms with E-state index in [1.807, 2.05) is 35.8 Å². The average Bonchev–Trinajstić information content (AvgIpc) is 3.54. The van der Waals surface area contributed by atoms with Gasteiger partial charge in [-0.1, -0.05) is 6.07 Å². The van der Waals surface area contributed by atoms with E-state index in [2.05, 4.69) is 10.1 Å². The van der Waals surface area contributed by atoms with Crippen LogP contribution < -0.4 is 9.47 Å². The van der Waals surface area contributed by atoms with Gasteiger partial charge in [0.25, 0.3) is 0 Å². The minimum absolute atomic E-state index is 0.0385. The molecule has 0 amide bonds. The van der Waals surface area contributed by atoms with E-state index in [0.29, 0.717) is 29.5 Å². The molecule has 0 atom stereocenters. The molecule has 30 heavy (non-hydrogen) atoms. The summed E-state index contributed by atoms with van der Waals surface area (Å²) in [6.07, 6.45) is 3.50. The Labute approximate surface area is 176 Å². The third-order valence-corrected chi connectivity index (χ3v) is 5.20. The first kappa shape index (κ1) is 19.7. The zero-order chi connectivity index (χ0) is 20.9. The van der Waals surface area contributed by atoms with E-state index in [1.54, 1.807) is 37.2 Å². The number of para-hydroxylation sites is 1. The number of methoxy groups -OCH3 is 2. The van der Waals surface area contributed by atoms with Crippen LogP contribution in [0.15, 0.2) is 58.6 Å². The number of aromatic nitrogens is 3. The van der Waals surface area contributed by atoms with E-state index in [4.69, 9.17) is 18.6 Å². The summed E-state index contributed by atoms with van der Waals surface area (Å²) < 4.78 is 23.4. The van der Waals surface area contributed by atoms with Crippen LogP contribution in [-0.2, 0) is 17.9 Å². The Hall–Kier alpha value is -3.59. The summed E-state index contributed by atoms with van der Waals surface area (Å²) in [6, 6.07) is 10.7. The van der Waals surface area contributed by atoms with Crippen LogP contribution >= 0.6 is 11.3 Å². The van der Waals surface area contributed by atoms with Gasteiger partial charge in [-0.15, -0.1) is 11.3 Å². The van der Waals surface area contributed by atoms with Gasteiger partial charge in [-0.3, -0.25) is 4.68 Å². The number of ether oxygens (including phenoxy) is 3. The van der Waals surface area contributed by atoms with Gasteiger partial charge in [0.15, 0.2) is 11.5 Å². The zero-order valence-electron chi connectivity index (χ0n) is 16.4. The van der Waals surface area contributed by atoms with E-state index < -0.39 is 5.97 Å². The van der Waals surface area contributed by atoms with Gasteiger partial charge in [0, 0.05) is 17.8 Å². The Kier molecular flexibility index (Phi) is 5.80. The molecule has 154 valence electrons. The van der Waals surface area contributed by atoms with Crippen LogP contribution in [0.3, 0.4) is 0 Å². The predicted molar refractivity (Wildman–Crippen MR) is 110 cm³/mol. The molecule has 8 nitrogen and oxygen atoms in total. The highest BCUT2D eigenvalue weighted by Crippen LogP contribution is 2.39. The van der Waals surface area contributed by atoms with Crippen LogP contribution in [0.4, 0.5) is 0 Å². The lowest BCUT2D eigenvalue weighted by Gasteiger charge is -2.10. The Bertz CT molecular complexity index is 1130. The third kappa shape index (κ3) is 4.20. The highest BCUT2D eigenvalue weighted by Gasteiger charge is 2.17. The van der Waals surface area contributed by atoms with E-state index >= 15 is 0 Å². The van der Waals surface area contributed by atoms with Crippen molar-refractivity contribution >= 4 is 17.3 Å². The maximum Gasteiger partial charge on any atom is 0.374 e. The first-order valence-corrected chi connectivity index (χ1v) is 9.95. The molecule has 0 unspecified atom stereocenters. The Morgan fingerprint density at radius 3 is 2.83 bits per heavy atom. The maximum atomic E-state index is 12.3. The van der Waals surface area contributed by atoms with Gasteiger partial charge in [-0.25, -0.2) is 9.78 Å². The number of nitrogens with zero attached hydrogens (tertiary/aromatic N) is 3. The van der Waals surface area contributed by atoms with Crippen LogP contribution in [0.2, 0.25) is 0 Å². The second-order valence-electron chi connectivity index (χ2n) is 6.23. The highest BCUT2D eigenvalue weighted by molar-refractivity contribution is 7.13. The standard InChI is InChI=1S/C21H19N3O5S/c1-26-17-6-3-5-16(19(17)27-2)20-23-14(13-30-20)12-28-21(25)18-8-7-15(29-18)11-24-10-4-9-22-24/h3-10,13H,11-12H2,1-2H3. The zero-order valence-corrected chi connectivity index (χ0v) is 17.2. The van der Waals surface area contributed by atoms with Gasteiger partial charge >= 0.3 is 5.97 Å². The van der Waals surface area contributed by atoms with Crippen molar-refractivity contribution in [1.82, 2.24) is 14.8 Å². The van der Waals surface area contributed by atoms with Gasteiger partial charge in [0.05, 0.1) is 32.0 Å². The SMILES string of the molecule is COc1cccc(-c2nc(COC(=O)c3ccc(Cn4cccn4)o3)cs2)c1OC. The molecule has 0 N–H and O–H groups in total. The quantitative estimate of drug-likeness (QED) is 0.394. The average molecular weight is 425 g/mol. The summed E-state index contributed by atoms with van der Waals surface area (Å²) in [5, 5.41) is 6.70. The molecule has 0 saturated carbocycles. The number of esters is 1. The van der Waals surface area contributed by atoms with Crippen LogP contribution in [0, 0.1) is 0 Å². The molecule has 9 heteroatoms. The van der Waals surface area contributed by atoms with E-state index in [0.717, 1.165) is 10.6 Å². The van der Waals surface area contributed by atoms with Crippen LogP contribution in [0.5, 0.6) is 11.5 Å². The first-order valence-electron chi connectivity index (χ1n) is 9.07. The van der Waals surface area contributed by atoms with Gasteiger partial charge < -0.3 is 18.6 Å².